The monoisotopic (exact) mass is 444 g/mol. The number of benzene rings is 3. The van der Waals surface area contributed by atoms with Crippen molar-refractivity contribution in [1.82, 2.24) is 0 Å². The van der Waals surface area contributed by atoms with Crippen LogP contribution in [-0.2, 0) is 0 Å². The van der Waals surface area contributed by atoms with Crippen LogP contribution in [0.2, 0.25) is 15.1 Å². The number of allylic oxidation sites excluding steroid dienone is 1. The van der Waals surface area contributed by atoms with E-state index in [4.69, 9.17) is 44.3 Å². The van der Waals surface area contributed by atoms with Gasteiger partial charge < -0.3 is 9.47 Å². The quantitative estimate of drug-likeness (QED) is 0.263. The number of ether oxygens (including phenoxy) is 2. The van der Waals surface area contributed by atoms with Gasteiger partial charge in [0, 0.05) is 21.7 Å². The summed E-state index contributed by atoms with van der Waals surface area (Å²) in [5.74, 6) is -0.365. The van der Waals surface area contributed by atoms with Crippen LogP contribution in [0.15, 0.2) is 66.4 Å². The molecule has 3 aromatic rings. The van der Waals surface area contributed by atoms with Crippen molar-refractivity contribution in [2.24, 2.45) is 0 Å². The zero-order valence-electron chi connectivity index (χ0n) is 14.6. The minimum absolute atomic E-state index is 0.0737. The minimum Gasteiger partial charge on any atom is -0.452 e. The summed E-state index contributed by atoms with van der Waals surface area (Å²) in [6.45, 7) is 0. The number of ketones is 1. The fourth-order valence-electron chi connectivity index (χ4n) is 2.80. The number of Topliss-reactive ketones (excluding diaryl/α,β-unsaturated/α-hetero) is 1. The van der Waals surface area contributed by atoms with Crippen molar-refractivity contribution in [2.45, 2.75) is 0 Å². The van der Waals surface area contributed by atoms with Crippen LogP contribution in [0.25, 0.3) is 6.08 Å². The summed E-state index contributed by atoms with van der Waals surface area (Å²) in [6, 6.07) is 16.1. The maximum absolute atomic E-state index is 12.6. The zero-order valence-corrected chi connectivity index (χ0v) is 16.9. The van der Waals surface area contributed by atoms with E-state index in [0.717, 1.165) is 0 Å². The van der Waals surface area contributed by atoms with Gasteiger partial charge in [-0.15, -0.1) is 0 Å². The standard InChI is InChI=1S/C22H11Cl3O4/c23-16-5-2-1-4-13(16)22(27)28-12-8-9-14-19(10-12)29-20(21(14)26)11-15-17(24)6-3-7-18(15)25/h1-11H. The van der Waals surface area contributed by atoms with Crippen molar-refractivity contribution in [3.8, 4) is 11.5 Å². The summed E-state index contributed by atoms with van der Waals surface area (Å²) < 4.78 is 11.0. The maximum Gasteiger partial charge on any atom is 0.345 e. The molecule has 4 rings (SSSR count). The number of fused-ring (bicyclic) bond motifs is 1. The third-order valence-electron chi connectivity index (χ3n) is 4.22. The number of carbonyl (C=O) groups is 2. The molecular weight excluding hydrogens is 435 g/mol. The molecule has 0 amide bonds. The number of rotatable bonds is 3. The van der Waals surface area contributed by atoms with Crippen molar-refractivity contribution in [3.05, 3.63) is 98.2 Å². The Kier molecular flexibility index (Phi) is 5.33. The predicted octanol–water partition coefficient (Wildman–Crippen LogP) is 6.48. The van der Waals surface area contributed by atoms with Crippen LogP contribution in [-0.4, -0.2) is 11.8 Å². The molecule has 0 radical (unpaired) electrons. The molecule has 1 aliphatic rings. The summed E-state index contributed by atoms with van der Waals surface area (Å²) in [4.78, 5) is 24.9. The lowest BCUT2D eigenvalue weighted by atomic mass is 10.1. The molecular formula is C22H11Cl3O4. The van der Waals surface area contributed by atoms with E-state index in [2.05, 4.69) is 0 Å². The normalized spacial score (nSPS) is 13.9. The predicted molar refractivity (Wildman–Crippen MR) is 112 cm³/mol. The highest BCUT2D eigenvalue weighted by atomic mass is 35.5. The lowest BCUT2D eigenvalue weighted by Gasteiger charge is -2.07. The maximum atomic E-state index is 12.6. The van der Waals surface area contributed by atoms with Crippen LogP contribution in [0.5, 0.6) is 11.5 Å². The molecule has 0 saturated heterocycles. The van der Waals surface area contributed by atoms with E-state index in [0.29, 0.717) is 21.2 Å². The molecule has 144 valence electrons. The van der Waals surface area contributed by atoms with Crippen LogP contribution in [0.4, 0.5) is 0 Å². The molecule has 1 heterocycles. The molecule has 7 heteroatoms. The van der Waals surface area contributed by atoms with E-state index in [1.807, 2.05) is 0 Å². The molecule has 0 fully saturated rings. The van der Waals surface area contributed by atoms with Crippen LogP contribution < -0.4 is 9.47 Å². The Bertz CT molecular complexity index is 1160. The van der Waals surface area contributed by atoms with Crippen LogP contribution in [0.3, 0.4) is 0 Å². The van der Waals surface area contributed by atoms with Crippen molar-refractivity contribution in [2.75, 3.05) is 0 Å². The average molecular weight is 446 g/mol. The molecule has 29 heavy (non-hydrogen) atoms. The Morgan fingerprint density at radius 2 is 1.59 bits per heavy atom. The molecule has 0 bridgehead atoms. The number of carbonyl (C=O) groups excluding carboxylic acids is 2. The summed E-state index contributed by atoms with van der Waals surface area (Å²) in [5.41, 5.74) is 1.06. The fourth-order valence-corrected chi connectivity index (χ4v) is 3.52. The largest absolute Gasteiger partial charge is 0.452 e. The van der Waals surface area contributed by atoms with Gasteiger partial charge >= 0.3 is 5.97 Å². The number of hydrogen-bond donors (Lipinski definition) is 0. The lowest BCUT2D eigenvalue weighted by Crippen LogP contribution is -2.09. The fraction of sp³-hybridized carbons (Fsp3) is 0. The molecule has 0 N–H and O–H groups in total. The number of esters is 1. The van der Waals surface area contributed by atoms with Crippen molar-refractivity contribution in [3.63, 3.8) is 0 Å². The zero-order chi connectivity index (χ0) is 20.5. The first kappa shape index (κ1) is 19.5. The van der Waals surface area contributed by atoms with Crippen molar-refractivity contribution in [1.29, 1.82) is 0 Å². The Hall–Kier alpha value is -2.79. The van der Waals surface area contributed by atoms with Gasteiger partial charge in [0.05, 0.1) is 16.1 Å². The summed E-state index contributed by atoms with van der Waals surface area (Å²) in [5, 5.41) is 1.07. The summed E-state index contributed by atoms with van der Waals surface area (Å²) in [7, 11) is 0. The second-order valence-electron chi connectivity index (χ2n) is 6.10. The van der Waals surface area contributed by atoms with Gasteiger partial charge in [-0.05, 0) is 42.5 Å². The molecule has 0 atom stereocenters. The second kappa shape index (κ2) is 7.91. The number of hydrogen-bond acceptors (Lipinski definition) is 4. The van der Waals surface area contributed by atoms with Gasteiger partial charge in [0.1, 0.15) is 11.5 Å². The molecule has 0 unspecified atom stereocenters. The molecule has 4 nitrogen and oxygen atoms in total. The Labute approximate surface area is 181 Å². The highest BCUT2D eigenvalue weighted by Gasteiger charge is 2.28. The molecule has 0 spiro atoms. The lowest BCUT2D eigenvalue weighted by molar-refractivity contribution is 0.0734. The SMILES string of the molecule is O=C(Oc1ccc2c(c1)OC(=Cc1c(Cl)cccc1Cl)C2=O)c1ccccc1Cl. The highest BCUT2D eigenvalue weighted by molar-refractivity contribution is 6.37. The van der Waals surface area contributed by atoms with Gasteiger partial charge in [-0.25, -0.2) is 4.79 Å². The first-order chi connectivity index (χ1) is 13.9. The van der Waals surface area contributed by atoms with E-state index in [9.17, 15) is 9.59 Å². The van der Waals surface area contributed by atoms with Gasteiger partial charge in [-0.2, -0.15) is 0 Å². The van der Waals surface area contributed by atoms with Crippen molar-refractivity contribution < 1.29 is 19.1 Å². The molecule has 0 saturated carbocycles. The topological polar surface area (TPSA) is 52.6 Å². The molecule has 1 aliphatic heterocycles. The van der Waals surface area contributed by atoms with E-state index < -0.39 is 5.97 Å². The van der Waals surface area contributed by atoms with Crippen molar-refractivity contribution >= 4 is 52.6 Å². The highest BCUT2D eigenvalue weighted by Crippen LogP contribution is 2.36. The Morgan fingerprint density at radius 1 is 0.897 bits per heavy atom. The molecule has 0 aromatic heterocycles. The molecule has 0 aliphatic carbocycles. The van der Waals surface area contributed by atoms with E-state index in [1.54, 1.807) is 42.5 Å². The smallest absolute Gasteiger partial charge is 0.345 e. The molecule has 3 aromatic carbocycles. The first-order valence-corrected chi connectivity index (χ1v) is 9.56. The van der Waals surface area contributed by atoms with Crippen LogP contribution in [0.1, 0.15) is 26.3 Å². The third kappa shape index (κ3) is 3.87. The average Bonchev–Trinajstić information content (AvgIpc) is 3.00. The number of halogens is 3. The van der Waals surface area contributed by atoms with E-state index >= 15 is 0 Å². The van der Waals surface area contributed by atoms with Gasteiger partial charge in [0.25, 0.3) is 0 Å². The van der Waals surface area contributed by atoms with E-state index in [-0.39, 0.29) is 33.6 Å². The minimum atomic E-state index is -0.613. The first-order valence-electron chi connectivity index (χ1n) is 8.43. The van der Waals surface area contributed by atoms with Crippen LogP contribution in [0, 0.1) is 0 Å². The third-order valence-corrected chi connectivity index (χ3v) is 5.21. The van der Waals surface area contributed by atoms with Gasteiger partial charge in [-0.1, -0.05) is 53.0 Å². The van der Waals surface area contributed by atoms with Gasteiger partial charge in [-0.3, -0.25) is 4.79 Å². The van der Waals surface area contributed by atoms with E-state index in [1.165, 1.54) is 24.3 Å². The summed E-state index contributed by atoms with van der Waals surface area (Å²) >= 11 is 18.3. The second-order valence-corrected chi connectivity index (χ2v) is 7.32. The van der Waals surface area contributed by atoms with Gasteiger partial charge in [0.2, 0.25) is 5.78 Å². The van der Waals surface area contributed by atoms with Gasteiger partial charge in [0.15, 0.2) is 5.76 Å². The Morgan fingerprint density at radius 3 is 2.31 bits per heavy atom. The van der Waals surface area contributed by atoms with Crippen LogP contribution >= 0.6 is 34.8 Å². The summed E-state index contributed by atoms with van der Waals surface area (Å²) in [6.07, 6.45) is 1.49. The Balaban J connectivity index is 1.60.